The molecule has 0 heterocycles. The van der Waals surface area contributed by atoms with Crippen molar-refractivity contribution in [2.24, 2.45) is 11.8 Å². The van der Waals surface area contributed by atoms with Crippen LogP contribution in [0.1, 0.15) is 91.4 Å². The molecule has 0 unspecified atom stereocenters. The molecule has 0 aromatic rings. The normalized spacial score (nSPS) is 23.7. The minimum absolute atomic E-state index is 0. The predicted molar refractivity (Wildman–Crippen MR) is 79.7 cm³/mol. The second-order valence-corrected chi connectivity index (χ2v) is 6.41. The van der Waals surface area contributed by atoms with Crippen molar-refractivity contribution < 1.29 is 5.11 Å². The van der Waals surface area contributed by atoms with Gasteiger partial charge in [0, 0.05) is 0 Å². The van der Waals surface area contributed by atoms with Crippen LogP contribution in [-0.2, 0) is 0 Å². The Bertz CT molecular complexity index is 194. The molecule has 0 aromatic carbocycles. The molecule has 0 radical (unpaired) electrons. The Morgan fingerprint density at radius 1 is 0.833 bits per heavy atom. The Morgan fingerprint density at radius 2 is 1.22 bits per heavy atom. The molecule has 2 rings (SSSR count). The lowest BCUT2D eigenvalue weighted by atomic mass is 9.65. The van der Waals surface area contributed by atoms with E-state index in [1.165, 1.54) is 64.2 Å². The zero-order chi connectivity index (χ0) is 12.1. The molecule has 18 heavy (non-hydrogen) atoms. The molecule has 0 atom stereocenters. The Hall–Kier alpha value is -0.0400. The van der Waals surface area contributed by atoms with E-state index in [0.29, 0.717) is 11.8 Å². The number of rotatable bonds is 4. The van der Waals surface area contributed by atoms with Crippen molar-refractivity contribution in [3.63, 3.8) is 0 Å². The summed E-state index contributed by atoms with van der Waals surface area (Å²) in [6, 6.07) is 0. The summed E-state index contributed by atoms with van der Waals surface area (Å²) < 4.78 is 0. The van der Waals surface area contributed by atoms with Crippen molar-refractivity contribution in [2.75, 3.05) is 0 Å². The van der Waals surface area contributed by atoms with E-state index >= 15 is 0 Å². The highest BCUT2D eigenvalue weighted by Gasteiger charge is 2.43. The van der Waals surface area contributed by atoms with Gasteiger partial charge in [0.1, 0.15) is 0 Å². The van der Waals surface area contributed by atoms with E-state index in [0.717, 1.165) is 12.8 Å². The first kappa shape index (κ1) is 16.0. The van der Waals surface area contributed by atoms with E-state index in [4.69, 9.17) is 0 Å². The quantitative estimate of drug-likeness (QED) is 0.720. The van der Waals surface area contributed by atoms with Gasteiger partial charge in [0.25, 0.3) is 0 Å². The Morgan fingerprint density at radius 3 is 1.56 bits per heavy atom. The van der Waals surface area contributed by atoms with Gasteiger partial charge in [0.15, 0.2) is 0 Å². The maximum absolute atomic E-state index is 11.3. The third-order valence-corrected chi connectivity index (χ3v) is 5.27. The molecule has 1 N–H and O–H groups in total. The average molecular weight is 254 g/mol. The Balaban J connectivity index is 0.00000162. The lowest BCUT2D eigenvalue weighted by Crippen LogP contribution is -2.46. The van der Waals surface area contributed by atoms with Gasteiger partial charge in [-0.2, -0.15) is 0 Å². The molecule has 2 fully saturated rings. The van der Waals surface area contributed by atoms with Gasteiger partial charge in [0.05, 0.1) is 5.60 Å². The summed E-state index contributed by atoms with van der Waals surface area (Å²) >= 11 is 0. The third kappa shape index (κ3) is 3.50. The van der Waals surface area contributed by atoms with E-state index in [9.17, 15) is 5.11 Å². The maximum Gasteiger partial charge on any atom is 0.0703 e. The van der Waals surface area contributed by atoms with Crippen molar-refractivity contribution >= 4 is 0 Å². The lowest BCUT2D eigenvalue weighted by molar-refractivity contribution is -0.0979. The van der Waals surface area contributed by atoms with Crippen LogP contribution < -0.4 is 0 Å². The molecule has 0 spiro atoms. The maximum atomic E-state index is 11.3. The topological polar surface area (TPSA) is 20.2 Å². The molecule has 0 aromatic heterocycles. The molecular weight excluding hydrogens is 220 g/mol. The smallest absolute Gasteiger partial charge is 0.0703 e. The standard InChI is InChI=1S/C16H30O.CH4/c1-2-13-16(17,14-9-5-3-6-10-14)15-11-7-4-8-12-15;/h14-15,17H,2-13H2,1H3;1H4. The van der Waals surface area contributed by atoms with Gasteiger partial charge in [-0.05, 0) is 43.9 Å². The second kappa shape index (κ2) is 7.53. The first-order chi connectivity index (χ1) is 8.27. The summed E-state index contributed by atoms with van der Waals surface area (Å²) in [5.41, 5.74) is -0.310. The van der Waals surface area contributed by atoms with Crippen LogP contribution >= 0.6 is 0 Å². The summed E-state index contributed by atoms with van der Waals surface area (Å²) in [4.78, 5) is 0. The highest BCUT2D eigenvalue weighted by atomic mass is 16.3. The summed E-state index contributed by atoms with van der Waals surface area (Å²) in [7, 11) is 0. The molecule has 0 amide bonds. The van der Waals surface area contributed by atoms with Crippen LogP contribution in [0.5, 0.6) is 0 Å². The summed E-state index contributed by atoms with van der Waals surface area (Å²) in [6.45, 7) is 2.23. The van der Waals surface area contributed by atoms with Gasteiger partial charge in [-0.3, -0.25) is 0 Å². The zero-order valence-corrected chi connectivity index (χ0v) is 11.6. The van der Waals surface area contributed by atoms with Crippen molar-refractivity contribution in [1.82, 2.24) is 0 Å². The fourth-order valence-electron chi connectivity index (χ4n) is 4.35. The molecule has 2 aliphatic rings. The molecule has 108 valence electrons. The first-order valence-electron chi connectivity index (χ1n) is 7.99. The summed E-state index contributed by atoms with van der Waals surface area (Å²) in [5.74, 6) is 1.22. The fraction of sp³-hybridized carbons (Fsp3) is 1.00. The molecule has 2 aliphatic carbocycles. The predicted octanol–water partition coefficient (Wildman–Crippen LogP) is 5.31. The van der Waals surface area contributed by atoms with Crippen molar-refractivity contribution in [1.29, 1.82) is 0 Å². The van der Waals surface area contributed by atoms with E-state index < -0.39 is 0 Å². The molecular formula is C17H34O. The van der Waals surface area contributed by atoms with E-state index in [2.05, 4.69) is 6.92 Å². The van der Waals surface area contributed by atoms with E-state index in [-0.39, 0.29) is 13.0 Å². The van der Waals surface area contributed by atoms with E-state index in [1.807, 2.05) is 0 Å². The number of aliphatic hydroxyl groups is 1. The lowest BCUT2D eigenvalue weighted by Gasteiger charge is -2.45. The van der Waals surface area contributed by atoms with Gasteiger partial charge in [0.2, 0.25) is 0 Å². The van der Waals surface area contributed by atoms with Crippen LogP contribution in [0.3, 0.4) is 0 Å². The largest absolute Gasteiger partial charge is 0.389 e. The fourth-order valence-corrected chi connectivity index (χ4v) is 4.35. The van der Waals surface area contributed by atoms with Gasteiger partial charge in [-0.15, -0.1) is 0 Å². The van der Waals surface area contributed by atoms with Crippen LogP contribution in [0.25, 0.3) is 0 Å². The van der Waals surface area contributed by atoms with Gasteiger partial charge >= 0.3 is 0 Å². The van der Waals surface area contributed by atoms with Gasteiger partial charge in [-0.1, -0.05) is 59.3 Å². The number of hydrogen-bond donors (Lipinski definition) is 1. The van der Waals surface area contributed by atoms with Crippen molar-refractivity contribution in [3.05, 3.63) is 0 Å². The van der Waals surface area contributed by atoms with Crippen LogP contribution in [0.4, 0.5) is 0 Å². The molecule has 0 bridgehead atoms. The van der Waals surface area contributed by atoms with Gasteiger partial charge < -0.3 is 5.11 Å². The number of hydrogen-bond acceptors (Lipinski definition) is 1. The second-order valence-electron chi connectivity index (χ2n) is 6.41. The average Bonchev–Trinajstić information content (AvgIpc) is 2.41. The minimum atomic E-state index is -0.310. The monoisotopic (exact) mass is 254 g/mol. The SMILES string of the molecule is C.CCCC(O)(C1CCCCC1)C1CCCCC1. The first-order valence-corrected chi connectivity index (χ1v) is 7.99. The van der Waals surface area contributed by atoms with Crippen LogP contribution in [-0.4, -0.2) is 10.7 Å². The zero-order valence-electron chi connectivity index (χ0n) is 11.6. The van der Waals surface area contributed by atoms with E-state index in [1.54, 1.807) is 0 Å². The molecule has 2 saturated carbocycles. The summed E-state index contributed by atoms with van der Waals surface area (Å²) in [6.07, 6.45) is 15.5. The molecule has 0 aliphatic heterocycles. The third-order valence-electron chi connectivity index (χ3n) is 5.27. The minimum Gasteiger partial charge on any atom is -0.389 e. The Labute approximate surface area is 114 Å². The van der Waals surface area contributed by atoms with Crippen molar-refractivity contribution in [2.45, 2.75) is 97.0 Å². The highest BCUT2D eigenvalue weighted by molar-refractivity contribution is 4.94. The molecule has 0 saturated heterocycles. The van der Waals surface area contributed by atoms with Crippen LogP contribution in [0, 0.1) is 11.8 Å². The van der Waals surface area contributed by atoms with Crippen LogP contribution in [0.15, 0.2) is 0 Å². The van der Waals surface area contributed by atoms with Gasteiger partial charge in [-0.25, -0.2) is 0 Å². The molecule has 1 heteroatoms. The summed E-state index contributed by atoms with van der Waals surface area (Å²) in [5, 5.41) is 11.3. The highest BCUT2D eigenvalue weighted by Crippen LogP contribution is 2.45. The van der Waals surface area contributed by atoms with Crippen molar-refractivity contribution in [3.8, 4) is 0 Å². The van der Waals surface area contributed by atoms with Crippen LogP contribution in [0.2, 0.25) is 0 Å². The molecule has 1 nitrogen and oxygen atoms in total. The Kier molecular flexibility index (Phi) is 6.70.